The lowest BCUT2D eigenvalue weighted by atomic mass is 9.92. The van der Waals surface area contributed by atoms with Crippen LogP contribution in [0.3, 0.4) is 0 Å². The van der Waals surface area contributed by atoms with E-state index in [9.17, 15) is 4.79 Å². The van der Waals surface area contributed by atoms with Crippen LogP contribution in [0, 0.1) is 0 Å². The molecule has 0 atom stereocenters. The topological polar surface area (TPSA) is 52.2 Å². The standard InChI is InChI=1S/C14H24N4O/c1-5-17-6-8-18(9-7-17)13-15-11(14(2,3)4)10-12(19)16-13/h10H,5-9H2,1-4H3,(H,15,16,19). The molecule has 1 aliphatic rings. The second-order valence-electron chi connectivity index (χ2n) is 6.13. The van der Waals surface area contributed by atoms with Crippen molar-refractivity contribution >= 4 is 5.95 Å². The van der Waals surface area contributed by atoms with Crippen LogP contribution < -0.4 is 10.5 Å². The maximum Gasteiger partial charge on any atom is 0.252 e. The Hall–Kier alpha value is -1.36. The minimum absolute atomic E-state index is 0.0622. The van der Waals surface area contributed by atoms with Crippen molar-refractivity contribution in [3.05, 3.63) is 22.1 Å². The lowest BCUT2D eigenvalue weighted by molar-refractivity contribution is 0.269. The summed E-state index contributed by atoms with van der Waals surface area (Å²) in [5.41, 5.74) is 0.686. The normalized spacial score (nSPS) is 17.8. The third-order valence-electron chi connectivity index (χ3n) is 3.62. The highest BCUT2D eigenvalue weighted by molar-refractivity contribution is 5.32. The van der Waals surface area contributed by atoms with Crippen molar-refractivity contribution in [2.45, 2.75) is 33.1 Å². The van der Waals surface area contributed by atoms with E-state index in [1.165, 1.54) is 0 Å². The van der Waals surface area contributed by atoms with Crippen LogP contribution in [0.5, 0.6) is 0 Å². The van der Waals surface area contributed by atoms with Gasteiger partial charge < -0.3 is 9.80 Å². The summed E-state index contributed by atoms with van der Waals surface area (Å²) in [5, 5.41) is 0. The first-order valence-corrected chi connectivity index (χ1v) is 6.99. The van der Waals surface area contributed by atoms with E-state index in [1.54, 1.807) is 6.07 Å². The van der Waals surface area contributed by atoms with Gasteiger partial charge in [-0.15, -0.1) is 0 Å². The van der Waals surface area contributed by atoms with E-state index in [0.29, 0.717) is 5.95 Å². The Labute approximate surface area is 114 Å². The van der Waals surface area contributed by atoms with Crippen LogP contribution >= 0.6 is 0 Å². The lowest BCUT2D eigenvalue weighted by Crippen LogP contribution is -2.47. The molecule has 1 fully saturated rings. The first-order chi connectivity index (χ1) is 8.90. The molecule has 2 heterocycles. The average molecular weight is 264 g/mol. The van der Waals surface area contributed by atoms with E-state index < -0.39 is 0 Å². The molecule has 0 spiro atoms. The molecule has 19 heavy (non-hydrogen) atoms. The van der Waals surface area contributed by atoms with Gasteiger partial charge in [-0.1, -0.05) is 27.7 Å². The van der Waals surface area contributed by atoms with Crippen molar-refractivity contribution in [1.29, 1.82) is 0 Å². The van der Waals surface area contributed by atoms with Gasteiger partial charge in [0, 0.05) is 37.7 Å². The number of likely N-dealkylation sites (N-methyl/N-ethyl adjacent to an activating group) is 1. The van der Waals surface area contributed by atoms with Crippen LogP contribution in [0.15, 0.2) is 10.9 Å². The summed E-state index contributed by atoms with van der Waals surface area (Å²) in [4.78, 5) is 23.9. The van der Waals surface area contributed by atoms with E-state index in [0.717, 1.165) is 38.4 Å². The van der Waals surface area contributed by atoms with E-state index in [-0.39, 0.29) is 11.0 Å². The SMILES string of the molecule is CCN1CCN(c2nc(C(C)(C)C)cc(=O)[nH]2)CC1. The number of nitrogens with zero attached hydrogens (tertiary/aromatic N) is 3. The maximum atomic E-state index is 11.8. The van der Waals surface area contributed by atoms with Gasteiger partial charge >= 0.3 is 0 Å². The molecule has 5 heteroatoms. The van der Waals surface area contributed by atoms with Crippen LogP contribution in [0.1, 0.15) is 33.4 Å². The van der Waals surface area contributed by atoms with E-state index >= 15 is 0 Å². The highest BCUT2D eigenvalue weighted by atomic mass is 16.1. The summed E-state index contributed by atoms with van der Waals surface area (Å²) in [5.74, 6) is 0.716. The average Bonchev–Trinajstić information content (AvgIpc) is 2.37. The van der Waals surface area contributed by atoms with Gasteiger partial charge in [0.25, 0.3) is 5.56 Å². The largest absolute Gasteiger partial charge is 0.340 e. The molecule has 0 aromatic carbocycles. The zero-order chi connectivity index (χ0) is 14.0. The van der Waals surface area contributed by atoms with E-state index in [1.807, 2.05) is 0 Å². The number of piperazine rings is 1. The summed E-state index contributed by atoms with van der Waals surface area (Å²) in [7, 11) is 0. The van der Waals surface area contributed by atoms with Crippen molar-refractivity contribution in [2.75, 3.05) is 37.6 Å². The summed E-state index contributed by atoms with van der Waals surface area (Å²) in [6.07, 6.45) is 0. The molecule has 1 N–H and O–H groups in total. The third kappa shape index (κ3) is 3.35. The molecule has 106 valence electrons. The number of rotatable bonds is 2. The molecule has 1 aliphatic heterocycles. The quantitative estimate of drug-likeness (QED) is 0.872. The first kappa shape index (κ1) is 14.1. The molecular formula is C14H24N4O. The molecule has 2 rings (SSSR count). The van der Waals surface area contributed by atoms with Gasteiger partial charge in [-0.3, -0.25) is 9.78 Å². The second kappa shape index (κ2) is 5.33. The Bertz CT molecular complexity index is 481. The highest BCUT2D eigenvalue weighted by Crippen LogP contribution is 2.20. The summed E-state index contributed by atoms with van der Waals surface area (Å²) in [6.45, 7) is 13.4. The van der Waals surface area contributed by atoms with E-state index in [4.69, 9.17) is 0 Å². The maximum absolute atomic E-state index is 11.8. The molecule has 0 amide bonds. The van der Waals surface area contributed by atoms with Crippen molar-refractivity contribution in [3.63, 3.8) is 0 Å². The number of aromatic amines is 1. The van der Waals surface area contributed by atoms with Crippen molar-refractivity contribution in [2.24, 2.45) is 0 Å². The summed E-state index contributed by atoms with van der Waals surface area (Å²) >= 11 is 0. The van der Waals surface area contributed by atoms with Gasteiger partial charge in [-0.05, 0) is 6.54 Å². The number of hydrogen-bond donors (Lipinski definition) is 1. The molecule has 0 unspecified atom stereocenters. The van der Waals surface area contributed by atoms with Crippen molar-refractivity contribution in [3.8, 4) is 0 Å². The summed E-state index contributed by atoms with van der Waals surface area (Å²) in [6, 6.07) is 1.60. The Morgan fingerprint density at radius 3 is 2.42 bits per heavy atom. The first-order valence-electron chi connectivity index (χ1n) is 6.99. The van der Waals surface area contributed by atoms with Gasteiger partial charge in [0.15, 0.2) is 0 Å². The number of aromatic nitrogens is 2. The fourth-order valence-electron chi connectivity index (χ4n) is 2.25. The van der Waals surface area contributed by atoms with Gasteiger partial charge in [-0.2, -0.15) is 0 Å². The van der Waals surface area contributed by atoms with Crippen LogP contribution in [-0.2, 0) is 5.41 Å². The number of anilines is 1. The van der Waals surface area contributed by atoms with Crippen LogP contribution in [0.25, 0.3) is 0 Å². The Kier molecular flexibility index (Phi) is 3.94. The molecule has 0 saturated carbocycles. The Balaban J connectivity index is 2.21. The highest BCUT2D eigenvalue weighted by Gasteiger charge is 2.21. The number of hydrogen-bond acceptors (Lipinski definition) is 4. The van der Waals surface area contributed by atoms with Gasteiger partial charge in [0.2, 0.25) is 5.95 Å². The smallest absolute Gasteiger partial charge is 0.252 e. The molecule has 1 aromatic rings. The fraction of sp³-hybridized carbons (Fsp3) is 0.714. The van der Waals surface area contributed by atoms with E-state index in [2.05, 4.69) is 47.5 Å². The molecule has 0 aliphatic carbocycles. The summed E-state index contributed by atoms with van der Waals surface area (Å²) < 4.78 is 0. The predicted octanol–water partition coefficient (Wildman–Crippen LogP) is 1.21. The molecule has 1 saturated heterocycles. The van der Waals surface area contributed by atoms with Crippen molar-refractivity contribution in [1.82, 2.24) is 14.9 Å². The van der Waals surface area contributed by atoms with Crippen LogP contribution in [0.4, 0.5) is 5.95 Å². The third-order valence-corrected chi connectivity index (χ3v) is 3.62. The van der Waals surface area contributed by atoms with Crippen LogP contribution in [0.2, 0.25) is 0 Å². The Morgan fingerprint density at radius 1 is 1.26 bits per heavy atom. The molecule has 0 bridgehead atoms. The number of H-pyrrole nitrogens is 1. The minimum Gasteiger partial charge on any atom is -0.340 e. The van der Waals surface area contributed by atoms with Gasteiger partial charge in [-0.25, -0.2) is 4.98 Å². The number of nitrogens with one attached hydrogen (secondary N) is 1. The zero-order valence-corrected chi connectivity index (χ0v) is 12.4. The molecular weight excluding hydrogens is 240 g/mol. The lowest BCUT2D eigenvalue weighted by Gasteiger charge is -2.34. The monoisotopic (exact) mass is 264 g/mol. The van der Waals surface area contributed by atoms with Crippen molar-refractivity contribution < 1.29 is 0 Å². The van der Waals surface area contributed by atoms with Gasteiger partial charge in [0.05, 0.1) is 5.69 Å². The molecule has 5 nitrogen and oxygen atoms in total. The predicted molar refractivity (Wildman–Crippen MR) is 77.9 cm³/mol. The molecule has 1 aromatic heterocycles. The second-order valence-corrected chi connectivity index (χ2v) is 6.13. The fourth-order valence-corrected chi connectivity index (χ4v) is 2.25. The Morgan fingerprint density at radius 2 is 1.89 bits per heavy atom. The minimum atomic E-state index is -0.103. The van der Waals surface area contributed by atoms with Crippen LogP contribution in [-0.4, -0.2) is 47.6 Å². The zero-order valence-electron chi connectivity index (χ0n) is 12.4. The van der Waals surface area contributed by atoms with Gasteiger partial charge in [0.1, 0.15) is 0 Å². The molecule has 0 radical (unpaired) electrons.